The van der Waals surface area contributed by atoms with Crippen molar-refractivity contribution >= 4 is 69.7 Å². The summed E-state index contributed by atoms with van der Waals surface area (Å²) in [5, 5.41) is 0. The van der Waals surface area contributed by atoms with Gasteiger partial charge in [-0.05, 0) is 0 Å². The van der Waals surface area contributed by atoms with Crippen LogP contribution in [0.4, 0.5) is 0 Å². The molecule has 1 rings (SSSR count). The fourth-order valence-electron chi connectivity index (χ4n) is 0.335. The molecule has 0 fully saturated rings. The first-order valence-corrected chi connectivity index (χ1v) is 1.94. The van der Waals surface area contributed by atoms with Crippen LogP contribution < -0.4 is 0 Å². The Bertz CT molecular complexity index is 141. The van der Waals surface area contributed by atoms with Crippen molar-refractivity contribution in [2.24, 2.45) is 9.98 Å². The first-order valence-electron chi connectivity index (χ1n) is 1.94. The van der Waals surface area contributed by atoms with E-state index in [1.165, 1.54) is 12.6 Å². The van der Waals surface area contributed by atoms with Crippen LogP contribution in [-0.4, -0.2) is 76.3 Å². The summed E-state index contributed by atoms with van der Waals surface area (Å²) < 4.78 is 0. The van der Waals surface area contributed by atoms with Gasteiger partial charge in [0.2, 0.25) is 0 Å². The molecule has 0 amide bonds. The number of carbonyl (C=O) groups excluding carboxylic acids is 1. The second kappa shape index (κ2) is 4.52. The van der Waals surface area contributed by atoms with E-state index in [0.717, 1.165) is 0 Å². The topological polar surface area (TPSA) is 41.8 Å². The molecule has 0 saturated heterocycles. The van der Waals surface area contributed by atoms with E-state index in [0.29, 0.717) is 0 Å². The summed E-state index contributed by atoms with van der Waals surface area (Å²) in [4.78, 5) is 17.3. The van der Waals surface area contributed by atoms with Gasteiger partial charge in [-0.3, -0.25) is 9.79 Å². The molecule has 37 valence electrons. The molecule has 1 aliphatic heterocycles. The Hall–Kier alpha value is 0.646. The van der Waals surface area contributed by atoms with Crippen LogP contribution in [0.25, 0.3) is 0 Å². The predicted octanol–water partition coefficient (Wildman–Crippen LogP) is -0.713. The van der Waals surface area contributed by atoms with E-state index in [1.807, 2.05) is 0 Å². The van der Waals surface area contributed by atoms with Crippen LogP contribution in [0, 0.1) is 0 Å². The molecular weight excluding hydrogens is 131 g/mol. The second-order valence-corrected chi connectivity index (χ2v) is 1.20. The van der Waals surface area contributed by atoms with Crippen molar-refractivity contribution < 1.29 is 4.79 Å². The van der Waals surface area contributed by atoms with Crippen molar-refractivity contribution in [2.45, 2.75) is 0 Å². The van der Waals surface area contributed by atoms with Crippen molar-refractivity contribution in [3.8, 4) is 0 Å². The summed E-state index contributed by atoms with van der Waals surface area (Å²) in [7, 11) is 0. The number of aliphatic imine (C=N–C) groups is 2. The van der Waals surface area contributed by atoms with E-state index in [1.54, 1.807) is 0 Å². The molecule has 0 aromatic heterocycles. The number of ketones is 1. The summed E-state index contributed by atoms with van der Waals surface area (Å²) in [6.07, 6.45) is 2.65. The van der Waals surface area contributed by atoms with Gasteiger partial charge < -0.3 is 0 Å². The van der Waals surface area contributed by atoms with Crippen LogP contribution in [0.3, 0.4) is 0 Å². The van der Waals surface area contributed by atoms with Gasteiger partial charge in [-0.15, -0.1) is 0 Å². The van der Waals surface area contributed by atoms with Crippen LogP contribution in [0.2, 0.25) is 0 Å². The minimum absolute atomic E-state index is 0. The van der Waals surface area contributed by atoms with Crippen molar-refractivity contribution in [1.29, 1.82) is 0 Å². The number of carbonyl (C=O) groups is 1. The molecule has 4 heteroatoms. The number of rotatable bonds is 0. The van der Waals surface area contributed by atoms with Gasteiger partial charge in [0, 0.05) is 51.4 Å². The molecule has 0 unspecified atom stereocenters. The first-order chi connectivity index (χ1) is 3.39. The number of hydrogen-bond donors (Lipinski definition) is 0. The Labute approximate surface area is 89.7 Å². The van der Waals surface area contributed by atoms with Crippen LogP contribution in [0.5, 0.6) is 0 Å². The molecule has 1 heterocycles. The largest absolute Gasteiger partial charge is 0.291 e. The first kappa shape index (κ1) is 8.65. The van der Waals surface area contributed by atoms with Gasteiger partial charge in [0.15, 0.2) is 5.78 Å². The number of hydrogen-bond acceptors (Lipinski definition) is 3. The predicted molar refractivity (Wildman–Crippen MR) is 32.6 cm³/mol. The van der Waals surface area contributed by atoms with Crippen LogP contribution in [0.1, 0.15) is 0 Å². The van der Waals surface area contributed by atoms with E-state index in [9.17, 15) is 4.79 Å². The minimum atomic E-state index is -0.0255. The summed E-state index contributed by atoms with van der Waals surface area (Å²) >= 11 is 0. The molecule has 0 N–H and O–H groups in total. The summed E-state index contributed by atoms with van der Waals surface area (Å²) in [6.45, 7) is 0.267. The average molecular weight is 135 g/mol. The Morgan fingerprint density at radius 1 is 1.62 bits per heavy atom. The monoisotopic (exact) mass is 135 g/mol. The van der Waals surface area contributed by atoms with E-state index in [2.05, 4.69) is 9.98 Å². The van der Waals surface area contributed by atoms with E-state index in [-0.39, 0.29) is 63.7 Å². The van der Waals surface area contributed by atoms with Gasteiger partial charge in [0.1, 0.15) is 12.9 Å². The molecule has 8 heavy (non-hydrogen) atoms. The fraction of sp³-hybridized carbons (Fsp3) is 0.250. The smallest absolute Gasteiger partial charge is 0.195 e. The second-order valence-electron chi connectivity index (χ2n) is 1.20. The Kier molecular flexibility index (Phi) is 4.88. The third-order valence-corrected chi connectivity index (χ3v) is 0.614. The molecule has 0 bridgehead atoms. The van der Waals surface area contributed by atoms with Crippen molar-refractivity contribution in [1.82, 2.24) is 0 Å². The average Bonchev–Trinajstić information content (AvgIpc) is 1.69. The molecule has 0 atom stereocenters. The maximum absolute atomic E-state index is 10.2. The molecule has 1 aliphatic rings. The van der Waals surface area contributed by atoms with E-state index < -0.39 is 0 Å². The fourth-order valence-corrected chi connectivity index (χ4v) is 0.335. The molecule has 0 spiro atoms. The Balaban J connectivity index is 0.000000490. The summed E-state index contributed by atoms with van der Waals surface area (Å²) in [5.41, 5.74) is 0. The van der Waals surface area contributed by atoms with Gasteiger partial charge in [0.25, 0.3) is 0 Å². The Morgan fingerprint density at radius 2 is 2.38 bits per heavy atom. The van der Waals surface area contributed by atoms with Crippen LogP contribution in [-0.2, 0) is 4.79 Å². The van der Waals surface area contributed by atoms with Gasteiger partial charge in [-0.25, -0.2) is 4.99 Å². The third-order valence-electron chi connectivity index (χ3n) is 0.614. The van der Waals surface area contributed by atoms with E-state index in [4.69, 9.17) is 0 Å². The molecule has 0 saturated carbocycles. The Morgan fingerprint density at radius 3 is 2.62 bits per heavy atom. The van der Waals surface area contributed by atoms with Crippen LogP contribution >= 0.6 is 0 Å². The van der Waals surface area contributed by atoms with Gasteiger partial charge in [0.05, 0.1) is 6.21 Å². The van der Waals surface area contributed by atoms with Crippen molar-refractivity contribution in [3.63, 3.8) is 0 Å². The molecule has 3 nitrogen and oxygen atoms in total. The zero-order valence-corrected chi connectivity index (χ0v) is 7.79. The molecule has 1 radical (unpaired) electrons. The third kappa shape index (κ3) is 2.83. The maximum Gasteiger partial charge on any atom is 0.195 e. The molecular formula is C4H4KN2O. The summed E-state index contributed by atoms with van der Waals surface area (Å²) in [5.74, 6) is -0.0255. The normalized spacial score (nSPS) is 15.8. The number of nitrogens with zero attached hydrogens (tertiary/aromatic N) is 2. The minimum Gasteiger partial charge on any atom is -0.291 e. The van der Waals surface area contributed by atoms with Gasteiger partial charge >= 0.3 is 0 Å². The SMILES string of the molecule is O=C1C=NC=NC1.[K]. The van der Waals surface area contributed by atoms with Gasteiger partial charge in [-0.1, -0.05) is 0 Å². The maximum atomic E-state index is 10.2. The van der Waals surface area contributed by atoms with E-state index >= 15 is 0 Å². The zero-order chi connectivity index (χ0) is 5.11. The number of Topliss-reactive ketones (excluding diaryl/α,β-unsaturated/α-hetero) is 1. The molecule has 0 aromatic carbocycles. The standard InChI is InChI=1S/C4H4N2O.K/c7-4-1-5-3-6-2-4;/h1,3H,2H2;. The summed E-state index contributed by atoms with van der Waals surface area (Å²) in [6, 6.07) is 0. The van der Waals surface area contributed by atoms with Crippen LogP contribution in [0.15, 0.2) is 9.98 Å². The quantitative estimate of drug-likeness (QED) is 0.404. The van der Waals surface area contributed by atoms with Crippen molar-refractivity contribution in [3.05, 3.63) is 0 Å². The molecule has 0 aliphatic carbocycles. The van der Waals surface area contributed by atoms with Crippen molar-refractivity contribution in [2.75, 3.05) is 6.54 Å². The molecule has 0 aromatic rings. The van der Waals surface area contributed by atoms with Gasteiger partial charge in [-0.2, -0.15) is 0 Å². The zero-order valence-electron chi connectivity index (χ0n) is 4.66.